The SMILES string of the molecule is COCOC1CC[C@]2(C)C3=C(OC(=O)C2C1)[C@@H]1CC[C@H]([C@H](C)CCCC(C)C(=O)O)[C@@]1(C)CC3. The minimum atomic E-state index is -0.697. The van der Waals surface area contributed by atoms with Crippen molar-refractivity contribution >= 4 is 11.9 Å². The van der Waals surface area contributed by atoms with Crippen molar-refractivity contribution in [3.8, 4) is 0 Å². The molecular weight excluding hydrogens is 432 g/mol. The van der Waals surface area contributed by atoms with Gasteiger partial charge in [-0.15, -0.1) is 0 Å². The molecule has 0 amide bonds. The number of hydrogen-bond acceptors (Lipinski definition) is 5. The van der Waals surface area contributed by atoms with Gasteiger partial charge >= 0.3 is 11.9 Å². The van der Waals surface area contributed by atoms with E-state index >= 15 is 0 Å². The third-order valence-corrected chi connectivity index (χ3v) is 10.2. The highest BCUT2D eigenvalue weighted by Crippen LogP contribution is 2.65. The molecule has 34 heavy (non-hydrogen) atoms. The van der Waals surface area contributed by atoms with E-state index in [9.17, 15) is 14.7 Å². The van der Waals surface area contributed by atoms with Gasteiger partial charge in [-0.3, -0.25) is 9.59 Å². The fourth-order valence-corrected chi connectivity index (χ4v) is 7.98. The number of aliphatic carboxylic acids is 1. The number of esters is 1. The molecule has 6 heteroatoms. The van der Waals surface area contributed by atoms with Crippen LogP contribution in [0.15, 0.2) is 11.3 Å². The Kier molecular flexibility index (Phi) is 7.50. The van der Waals surface area contributed by atoms with Crippen molar-refractivity contribution in [2.24, 2.45) is 40.4 Å². The van der Waals surface area contributed by atoms with Gasteiger partial charge in [0.05, 0.1) is 17.9 Å². The maximum atomic E-state index is 13.3. The summed E-state index contributed by atoms with van der Waals surface area (Å²) >= 11 is 0. The second kappa shape index (κ2) is 9.93. The molecule has 1 N–H and O–H groups in total. The predicted molar refractivity (Wildman–Crippen MR) is 129 cm³/mol. The number of fused-ring (bicyclic) bond motifs is 4. The number of hydrogen-bond donors (Lipinski definition) is 1. The number of carboxylic acid groups (broad SMARTS) is 1. The van der Waals surface area contributed by atoms with Crippen LogP contribution in [0.5, 0.6) is 0 Å². The van der Waals surface area contributed by atoms with Gasteiger partial charge in [-0.25, -0.2) is 0 Å². The quantitative estimate of drug-likeness (QED) is 0.327. The van der Waals surface area contributed by atoms with Crippen molar-refractivity contribution in [3.63, 3.8) is 0 Å². The molecule has 0 saturated heterocycles. The molecule has 2 saturated carbocycles. The molecular formula is C28H44O6. The van der Waals surface area contributed by atoms with Gasteiger partial charge < -0.3 is 19.3 Å². The molecule has 1 aliphatic heterocycles. The lowest BCUT2D eigenvalue weighted by molar-refractivity contribution is -0.164. The lowest BCUT2D eigenvalue weighted by Crippen LogP contribution is -2.50. The molecule has 3 aliphatic carbocycles. The smallest absolute Gasteiger partial charge is 0.315 e. The van der Waals surface area contributed by atoms with Crippen LogP contribution in [0.2, 0.25) is 0 Å². The largest absolute Gasteiger partial charge is 0.481 e. The number of carbonyl (C=O) groups excluding carboxylic acids is 1. The van der Waals surface area contributed by atoms with Crippen LogP contribution in [-0.4, -0.2) is 37.1 Å². The third-order valence-electron chi connectivity index (χ3n) is 10.2. The van der Waals surface area contributed by atoms with E-state index in [-0.39, 0.29) is 41.5 Å². The molecule has 6 nitrogen and oxygen atoms in total. The van der Waals surface area contributed by atoms with Gasteiger partial charge in [0.1, 0.15) is 12.6 Å². The molecule has 1 heterocycles. The van der Waals surface area contributed by atoms with Crippen LogP contribution in [0.4, 0.5) is 0 Å². The van der Waals surface area contributed by atoms with E-state index in [4.69, 9.17) is 14.2 Å². The zero-order valence-electron chi connectivity index (χ0n) is 21.7. The van der Waals surface area contributed by atoms with Crippen LogP contribution < -0.4 is 0 Å². The molecule has 192 valence electrons. The first kappa shape index (κ1) is 25.7. The normalized spacial score (nSPS) is 39.0. The standard InChI is InChI=1S/C28H44O6/c1-17(7-6-8-18(2)25(29)30)20-9-10-21-24-22(12-14-27(20,21)3)28(4)13-11-19(33-16-32-5)15-23(28)26(31)34-24/h17-21,23H,6-16H2,1-5H3,(H,29,30)/t17-,18?,19?,20-,21+,23?,27-,28-/m1/s1. The summed E-state index contributed by atoms with van der Waals surface area (Å²) in [4.78, 5) is 24.4. The van der Waals surface area contributed by atoms with Gasteiger partial charge in [-0.1, -0.05) is 40.5 Å². The van der Waals surface area contributed by atoms with E-state index in [1.54, 1.807) is 14.0 Å². The molecule has 0 spiro atoms. The van der Waals surface area contributed by atoms with Crippen LogP contribution in [0.3, 0.4) is 0 Å². The minimum absolute atomic E-state index is 0.0575. The van der Waals surface area contributed by atoms with Gasteiger partial charge in [0, 0.05) is 18.4 Å². The van der Waals surface area contributed by atoms with Crippen LogP contribution in [-0.2, 0) is 23.8 Å². The van der Waals surface area contributed by atoms with E-state index in [2.05, 4.69) is 20.8 Å². The van der Waals surface area contributed by atoms with Crippen LogP contribution in [0.25, 0.3) is 0 Å². The van der Waals surface area contributed by atoms with Gasteiger partial charge in [0.15, 0.2) is 0 Å². The zero-order valence-corrected chi connectivity index (χ0v) is 21.7. The molecule has 4 rings (SSSR count). The average Bonchev–Trinajstić information content (AvgIpc) is 3.15. The van der Waals surface area contributed by atoms with Crippen molar-refractivity contribution < 1.29 is 28.9 Å². The van der Waals surface area contributed by atoms with E-state index in [0.29, 0.717) is 24.2 Å². The zero-order chi connectivity index (χ0) is 24.7. The molecule has 2 fully saturated rings. The Balaban J connectivity index is 1.48. The third kappa shape index (κ3) is 4.45. The number of carboxylic acids is 1. The topological polar surface area (TPSA) is 82.1 Å². The first-order valence-electron chi connectivity index (χ1n) is 13.4. The van der Waals surface area contributed by atoms with E-state index in [0.717, 1.165) is 63.5 Å². The highest BCUT2D eigenvalue weighted by molar-refractivity contribution is 5.77. The number of carbonyl (C=O) groups is 2. The summed E-state index contributed by atoms with van der Waals surface area (Å²) in [6.45, 7) is 9.14. The van der Waals surface area contributed by atoms with Crippen LogP contribution in [0.1, 0.15) is 91.9 Å². The second-order valence-corrected chi connectivity index (χ2v) is 12.1. The Morgan fingerprint density at radius 3 is 2.62 bits per heavy atom. The van der Waals surface area contributed by atoms with E-state index in [1.807, 2.05) is 0 Å². The molecule has 0 aromatic heterocycles. The summed E-state index contributed by atoms with van der Waals surface area (Å²) in [7, 11) is 1.63. The van der Waals surface area contributed by atoms with Crippen LogP contribution in [0, 0.1) is 40.4 Å². The molecule has 0 aromatic rings. The lowest BCUT2D eigenvalue weighted by atomic mass is 9.54. The Hall–Kier alpha value is -1.40. The van der Waals surface area contributed by atoms with Crippen molar-refractivity contribution in [3.05, 3.63) is 11.3 Å². The molecule has 0 aromatic carbocycles. The summed E-state index contributed by atoms with van der Waals surface area (Å²) in [5.41, 5.74) is 1.45. The maximum absolute atomic E-state index is 13.3. The molecule has 0 radical (unpaired) electrons. The van der Waals surface area contributed by atoms with Gasteiger partial charge in [-0.05, 0) is 74.2 Å². The molecule has 4 aliphatic rings. The van der Waals surface area contributed by atoms with Gasteiger partial charge in [0.25, 0.3) is 0 Å². The molecule has 3 unspecified atom stereocenters. The van der Waals surface area contributed by atoms with Crippen molar-refractivity contribution in [1.29, 1.82) is 0 Å². The fraction of sp³-hybridized carbons (Fsp3) is 0.857. The monoisotopic (exact) mass is 476 g/mol. The highest BCUT2D eigenvalue weighted by Gasteiger charge is 2.59. The van der Waals surface area contributed by atoms with Crippen LogP contribution >= 0.6 is 0 Å². The predicted octanol–water partition coefficient (Wildman–Crippen LogP) is 5.95. The Morgan fingerprint density at radius 1 is 1.15 bits per heavy atom. The summed E-state index contributed by atoms with van der Waals surface area (Å²) in [6, 6.07) is 0. The van der Waals surface area contributed by atoms with Crippen molar-refractivity contribution in [2.45, 2.75) is 98.0 Å². The van der Waals surface area contributed by atoms with E-state index in [1.165, 1.54) is 5.57 Å². The number of rotatable bonds is 9. The lowest BCUT2D eigenvalue weighted by Gasteiger charge is -2.53. The highest BCUT2D eigenvalue weighted by atomic mass is 16.7. The average molecular weight is 477 g/mol. The van der Waals surface area contributed by atoms with Gasteiger partial charge in [0.2, 0.25) is 0 Å². The summed E-state index contributed by atoms with van der Waals surface area (Å²) in [6.07, 6.45) is 9.89. The summed E-state index contributed by atoms with van der Waals surface area (Å²) in [5.74, 6) is 1.33. The Labute approximate surface area is 204 Å². The van der Waals surface area contributed by atoms with Crippen molar-refractivity contribution in [2.75, 3.05) is 13.9 Å². The first-order valence-corrected chi connectivity index (χ1v) is 13.4. The number of methoxy groups -OCH3 is 1. The summed E-state index contributed by atoms with van der Waals surface area (Å²) < 4.78 is 17.1. The minimum Gasteiger partial charge on any atom is -0.481 e. The number of ether oxygens (including phenoxy) is 3. The fourth-order valence-electron chi connectivity index (χ4n) is 7.98. The molecule has 8 atom stereocenters. The second-order valence-electron chi connectivity index (χ2n) is 12.1. The van der Waals surface area contributed by atoms with Crippen molar-refractivity contribution in [1.82, 2.24) is 0 Å². The maximum Gasteiger partial charge on any atom is 0.315 e. The molecule has 0 bridgehead atoms. The Morgan fingerprint density at radius 2 is 1.91 bits per heavy atom. The van der Waals surface area contributed by atoms with E-state index < -0.39 is 5.97 Å². The summed E-state index contributed by atoms with van der Waals surface area (Å²) in [5, 5.41) is 9.18. The van der Waals surface area contributed by atoms with Gasteiger partial charge in [-0.2, -0.15) is 0 Å². The first-order chi connectivity index (χ1) is 16.1. The number of allylic oxidation sites excluding steroid dienone is 2. The Bertz CT molecular complexity index is 820.